The van der Waals surface area contributed by atoms with E-state index in [9.17, 15) is 0 Å². The molecule has 0 saturated heterocycles. The molecule has 0 amide bonds. The summed E-state index contributed by atoms with van der Waals surface area (Å²) >= 11 is -2.13. The van der Waals surface area contributed by atoms with Crippen molar-refractivity contribution >= 4 is 3.21 Å². The minimum Gasteiger partial charge on any atom is -1.00 e. The van der Waals surface area contributed by atoms with Gasteiger partial charge in [0.15, 0.2) is 0 Å². The molecule has 1 saturated carbocycles. The quantitative estimate of drug-likeness (QED) is 0.555. The summed E-state index contributed by atoms with van der Waals surface area (Å²) in [5.74, 6) is 1.26. The first-order valence-corrected chi connectivity index (χ1v) is 15.8. The van der Waals surface area contributed by atoms with E-state index >= 15 is 0 Å². The van der Waals surface area contributed by atoms with Gasteiger partial charge in [-0.2, -0.15) is 0 Å². The molecule has 1 fully saturated rings. The van der Waals surface area contributed by atoms with E-state index in [4.69, 9.17) is 0 Å². The zero-order valence-electron chi connectivity index (χ0n) is 19.7. The van der Waals surface area contributed by atoms with Crippen molar-refractivity contribution in [2.45, 2.75) is 63.4 Å². The van der Waals surface area contributed by atoms with Crippen molar-refractivity contribution in [2.24, 2.45) is 11.8 Å². The Hall–Kier alpha value is -0.747. The molecule has 5 rings (SSSR count). The van der Waals surface area contributed by atoms with Gasteiger partial charge in [0.1, 0.15) is 0 Å². The minimum absolute atomic E-state index is 0. The molecule has 0 bridgehead atoms. The second kappa shape index (κ2) is 10.7. The van der Waals surface area contributed by atoms with Crippen LogP contribution in [0.25, 0.3) is 11.1 Å². The van der Waals surface area contributed by atoms with Crippen LogP contribution < -0.4 is 24.8 Å². The van der Waals surface area contributed by atoms with Crippen LogP contribution in [-0.4, -0.2) is 3.21 Å². The van der Waals surface area contributed by atoms with E-state index in [-0.39, 0.29) is 24.8 Å². The summed E-state index contributed by atoms with van der Waals surface area (Å²) in [4.78, 5) is 0. The molecule has 0 aliphatic heterocycles. The normalized spacial score (nSPS) is 19.6. The molecule has 0 heterocycles. The third-order valence-electron chi connectivity index (χ3n) is 7.59. The van der Waals surface area contributed by atoms with Gasteiger partial charge in [-0.1, -0.05) is 0 Å². The smallest absolute Gasteiger partial charge is 1.00 e. The minimum atomic E-state index is -2.13. The van der Waals surface area contributed by atoms with Crippen molar-refractivity contribution in [1.29, 1.82) is 0 Å². The summed E-state index contributed by atoms with van der Waals surface area (Å²) < 4.78 is 4.59. The molecule has 2 aromatic carbocycles. The molecule has 2 aromatic rings. The van der Waals surface area contributed by atoms with Gasteiger partial charge in [0.2, 0.25) is 0 Å². The van der Waals surface area contributed by atoms with E-state index in [1.807, 2.05) is 6.49 Å². The molecule has 0 spiro atoms. The Morgan fingerprint density at radius 2 is 1.34 bits per heavy atom. The van der Waals surface area contributed by atoms with Gasteiger partial charge >= 0.3 is 191 Å². The van der Waals surface area contributed by atoms with Crippen molar-refractivity contribution in [2.75, 3.05) is 0 Å². The van der Waals surface area contributed by atoms with Gasteiger partial charge < -0.3 is 24.8 Å². The van der Waals surface area contributed by atoms with Crippen LogP contribution in [0, 0.1) is 11.8 Å². The van der Waals surface area contributed by atoms with Crippen LogP contribution in [0.15, 0.2) is 69.0 Å². The Bertz CT molecular complexity index is 1040. The molecular formula is C29H34Cl2Zr. The maximum absolute atomic E-state index is 2.62. The number of hydrogen-bond donors (Lipinski definition) is 0. The zero-order chi connectivity index (χ0) is 20.8. The predicted molar refractivity (Wildman–Crippen MR) is 127 cm³/mol. The molecule has 0 N–H and O–H groups in total. The van der Waals surface area contributed by atoms with E-state index in [2.05, 4.69) is 82.3 Å². The molecule has 168 valence electrons. The Morgan fingerprint density at radius 1 is 0.812 bits per heavy atom. The SMILES string of the molecule is CC1=[C]([Zr+2](=[C]2CCCCC2)[CH]2c3ccccc3-c3ccccc32)C(C)C=C1C(C)C.[Cl-].[Cl-]. The van der Waals surface area contributed by atoms with E-state index in [1.54, 1.807) is 22.3 Å². The number of allylic oxidation sites excluding steroid dienone is 4. The second-order valence-electron chi connectivity index (χ2n) is 9.79. The Balaban J connectivity index is 0.00000144. The molecule has 3 heteroatoms. The summed E-state index contributed by atoms with van der Waals surface area (Å²) in [5.41, 5.74) is 9.59. The topological polar surface area (TPSA) is 0 Å². The molecule has 32 heavy (non-hydrogen) atoms. The Kier molecular flexibility index (Phi) is 8.63. The molecule has 0 radical (unpaired) electrons. The van der Waals surface area contributed by atoms with Gasteiger partial charge in [-0.3, -0.25) is 0 Å². The fourth-order valence-electron chi connectivity index (χ4n) is 6.31. The van der Waals surface area contributed by atoms with Gasteiger partial charge in [0, 0.05) is 0 Å². The molecule has 0 aromatic heterocycles. The molecular weight excluding hydrogens is 510 g/mol. The van der Waals surface area contributed by atoms with Crippen LogP contribution in [0.4, 0.5) is 0 Å². The largest absolute Gasteiger partial charge is 1.00 e. The van der Waals surface area contributed by atoms with Crippen molar-refractivity contribution in [1.82, 2.24) is 0 Å². The van der Waals surface area contributed by atoms with E-state index in [1.165, 1.54) is 43.2 Å². The standard InChI is InChI=1S/C13H9.C10H15.C6H10.2ClH.Zr/c1-3-7-12-10(5-1)9-11-6-2-4-8-13(11)12;1-7(2)10-6-8(3)5-9(10)4;1-2-4-6-5-3-1;;;/h1-9H;6-8H,1-4H3;1-5H2;2*1H;/q;;;;;+2/p-2. The fourth-order valence-corrected chi connectivity index (χ4v) is 16.7. The molecule has 3 aliphatic rings. The monoisotopic (exact) mass is 542 g/mol. The maximum atomic E-state index is 2.62. The van der Waals surface area contributed by atoms with Crippen LogP contribution in [0.5, 0.6) is 0 Å². The van der Waals surface area contributed by atoms with Crippen molar-refractivity contribution in [3.8, 4) is 11.1 Å². The first-order chi connectivity index (χ1) is 14.6. The first-order valence-electron chi connectivity index (χ1n) is 11.9. The fraction of sp³-hybridized carbons (Fsp3) is 0.414. The molecule has 0 nitrogen and oxygen atoms in total. The maximum Gasteiger partial charge on any atom is -1.00 e. The average molecular weight is 545 g/mol. The third kappa shape index (κ3) is 4.35. The summed E-state index contributed by atoms with van der Waals surface area (Å²) in [5, 5.41) is 0. The van der Waals surface area contributed by atoms with Gasteiger partial charge in [-0.05, 0) is 0 Å². The van der Waals surface area contributed by atoms with Crippen LogP contribution in [0.2, 0.25) is 0 Å². The van der Waals surface area contributed by atoms with Gasteiger partial charge in [0.05, 0.1) is 0 Å². The number of fused-ring (bicyclic) bond motifs is 3. The summed E-state index contributed by atoms with van der Waals surface area (Å²) in [6.45, 7) is 9.70. The van der Waals surface area contributed by atoms with Gasteiger partial charge in [0.25, 0.3) is 0 Å². The number of benzene rings is 2. The van der Waals surface area contributed by atoms with Crippen molar-refractivity contribution in [3.63, 3.8) is 0 Å². The number of rotatable bonds is 3. The van der Waals surface area contributed by atoms with Gasteiger partial charge in [-0.25, -0.2) is 0 Å². The number of hydrogen-bond acceptors (Lipinski definition) is 0. The van der Waals surface area contributed by atoms with Crippen LogP contribution in [-0.2, 0) is 21.3 Å². The molecule has 1 atom stereocenters. The van der Waals surface area contributed by atoms with Crippen LogP contribution in [0.3, 0.4) is 0 Å². The summed E-state index contributed by atoms with van der Waals surface area (Å²) in [7, 11) is 0. The third-order valence-corrected chi connectivity index (χ3v) is 17.1. The van der Waals surface area contributed by atoms with Gasteiger partial charge in [-0.15, -0.1) is 0 Å². The second-order valence-corrected chi connectivity index (χ2v) is 16.3. The zero-order valence-corrected chi connectivity index (χ0v) is 23.7. The van der Waals surface area contributed by atoms with Crippen molar-refractivity contribution < 1.29 is 46.1 Å². The summed E-state index contributed by atoms with van der Waals surface area (Å²) in [6.07, 6.45) is 9.68. The van der Waals surface area contributed by atoms with Crippen molar-refractivity contribution in [3.05, 3.63) is 80.2 Å². The van der Waals surface area contributed by atoms with E-state index in [0.717, 1.165) is 0 Å². The predicted octanol–water partition coefficient (Wildman–Crippen LogP) is 2.03. The first kappa shape index (κ1) is 25.9. The van der Waals surface area contributed by atoms with E-state index < -0.39 is 21.3 Å². The molecule has 1 unspecified atom stereocenters. The number of halogens is 2. The Morgan fingerprint density at radius 3 is 1.84 bits per heavy atom. The molecule has 3 aliphatic carbocycles. The average Bonchev–Trinajstić information content (AvgIpc) is 3.25. The Labute approximate surface area is 214 Å². The van der Waals surface area contributed by atoms with E-state index in [0.29, 0.717) is 15.5 Å². The van der Waals surface area contributed by atoms with Crippen LogP contribution in [0.1, 0.15) is 74.6 Å². The summed E-state index contributed by atoms with van der Waals surface area (Å²) in [6, 6.07) is 18.7. The van der Waals surface area contributed by atoms with Crippen LogP contribution >= 0.6 is 0 Å².